The highest BCUT2D eigenvalue weighted by atomic mass is 16.5. The summed E-state index contributed by atoms with van der Waals surface area (Å²) in [7, 11) is 0. The van der Waals surface area contributed by atoms with Crippen molar-refractivity contribution in [3.05, 3.63) is 71.9 Å². The molecule has 1 atom stereocenters. The normalized spacial score (nSPS) is 15.9. The average Bonchev–Trinajstić information content (AvgIpc) is 2.64. The molecule has 5 heteroatoms. The van der Waals surface area contributed by atoms with E-state index in [2.05, 4.69) is 4.98 Å². The van der Waals surface area contributed by atoms with Crippen molar-refractivity contribution >= 4 is 5.69 Å². The Bertz CT molecular complexity index is 876. The second-order valence-corrected chi connectivity index (χ2v) is 6.04. The molecule has 3 N–H and O–H groups in total. The topological polar surface area (TPSA) is 77.6 Å². The Kier molecular flexibility index (Phi) is 3.90. The highest BCUT2D eigenvalue weighted by molar-refractivity contribution is 5.44. The number of phenols is 1. The van der Waals surface area contributed by atoms with Crippen molar-refractivity contribution in [2.75, 3.05) is 5.73 Å². The molecule has 25 heavy (non-hydrogen) atoms. The number of hydrogen-bond donors (Lipinski definition) is 2. The number of pyridine rings is 1. The zero-order valence-electron chi connectivity index (χ0n) is 13.6. The van der Waals surface area contributed by atoms with Gasteiger partial charge in [0.15, 0.2) is 0 Å². The number of nitrogens with zero attached hydrogens (tertiary/aromatic N) is 1. The molecule has 5 nitrogen and oxygen atoms in total. The Balaban J connectivity index is 1.50. The van der Waals surface area contributed by atoms with E-state index in [1.54, 1.807) is 30.5 Å². The lowest BCUT2D eigenvalue weighted by atomic mass is 9.97. The molecule has 4 rings (SSSR count). The van der Waals surface area contributed by atoms with Gasteiger partial charge in [0.05, 0.1) is 11.9 Å². The molecule has 1 unspecified atom stereocenters. The summed E-state index contributed by atoms with van der Waals surface area (Å²) in [5.74, 6) is 2.36. The minimum atomic E-state index is -0.00127. The van der Waals surface area contributed by atoms with Gasteiger partial charge in [-0.05, 0) is 60.4 Å². The smallest absolute Gasteiger partial charge is 0.219 e. The first-order valence-electron chi connectivity index (χ1n) is 8.15. The van der Waals surface area contributed by atoms with Crippen LogP contribution < -0.4 is 15.2 Å². The van der Waals surface area contributed by atoms with Crippen molar-refractivity contribution in [3.63, 3.8) is 0 Å². The molecule has 0 radical (unpaired) electrons. The molecule has 1 aliphatic heterocycles. The first-order chi connectivity index (χ1) is 12.2. The van der Waals surface area contributed by atoms with Gasteiger partial charge in [-0.25, -0.2) is 4.98 Å². The van der Waals surface area contributed by atoms with E-state index in [0.29, 0.717) is 11.6 Å². The number of aryl methyl sites for hydroxylation is 1. The first kappa shape index (κ1) is 15.3. The summed E-state index contributed by atoms with van der Waals surface area (Å²) in [5, 5.41) is 9.41. The molecule has 1 aliphatic rings. The van der Waals surface area contributed by atoms with Crippen molar-refractivity contribution in [2.24, 2.45) is 0 Å². The van der Waals surface area contributed by atoms with Crippen LogP contribution in [0.5, 0.6) is 23.1 Å². The second-order valence-electron chi connectivity index (χ2n) is 6.04. The van der Waals surface area contributed by atoms with Crippen LogP contribution in [0.3, 0.4) is 0 Å². The molecular weight excluding hydrogens is 316 g/mol. The van der Waals surface area contributed by atoms with E-state index >= 15 is 0 Å². The quantitative estimate of drug-likeness (QED) is 0.749. The van der Waals surface area contributed by atoms with E-state index in [0.717, 1.165) is 35.5 Å². The summed E-state index contributed by atoms with van der Waals surface area (Å²) in [5.41, 5.74) is 8.41. The number of ether oxygens (including phenoxy) is 2. The highest BCUT2D eigenvalue weighted by Crippen LogP contribution is 2.37. The van der Waals surface area contributed by atoms with Gasteiger partial charge in [0.1, 0.15) is 23.4 Å². The monoisotopic (exact) mass is 334 g/mol. The number of benzene rings is 2. The first-order valence-corrected chi connectivity index (χ1v) is 8.15. The fraction of sp³-hybridized carbons (Fsp3) is 0.150. The zero-order chi connectivity index (χ0) is 17.2. The Labute approximate surface area is 145 Å². The number of aromatic hydroxyl groups is 1. The van der Waals surface area contributed by atoms with Crippen LogP contribution in [-0.4, -0.2) is 10.1 Å². The standard InChI is InChI=1S/C20H18N2O3/c21-15-4-10-20(22-12-15)24-17-7-9-19-14(11-17)3-8-18(25-19)13-1-5-16(23)6-2-13/h1-2,4-7,9-12,18,23H,3,8,21H2. The molecule has 0 fully saturated rings. The Morgan fingerprint density at radius 3 is 2.68 bits per heavy atom. The minimum Gasteiger partial charge on any atom is -0.508 e. The second kappa shape index (κ2) is 6.36. The molecule has 1 aromatic heterocycles. The third-order valence-electron chi connectivity index (χ3n) is 4.22. The van der Waals surface area contributed by atoms with E-state index in [4.69, 9.17) is 15.2 Å². The van der Waals surface area contributed by atoms with Crippen molar-refractivity contribution in [3.8, 4) is 23.1 Å². The number of nitrogens with two attached hydrogens (primary N) is 1. The van der Waals surface area contributed by atoms with E-state index in [1.807, 2.05) is 30.3 Å². The van der Waals surface area contributed by atoms with Gasteiger partial charge >= 0.3 is 0 Å². The SMILES string of the molecule is Nc1ccc(Oc2ccc3c(c2)CCC(c2ccc(O)cc2)O3)nc1. The van der Waals surface area contributed by atoms with Crippen molar-refractivity contribution in [1.82, 2.24) is 4.98 Å². The van der Waals surface area contributed by atoms with Crippen LogP contribution in [0.15, 0.2) is 60.8 Å². The third-order valence-corrected chi connectivity index (χ3v) is 4.22. The fourth-order valence-electron chi connectivity index (χ4n) is 2.92. The van der Waals surface area contributed by atoms with Gasteiger partial charge < -0.3 is 20.3 Å². The fourth-order valence-corrected chi connectivity index (χ4v) is 2.92. The van der Waals surface area contributed by atoms with Crippen LogP contribution in [-0.2, 0) is 6.42 Å². The summed E-state index contributed by atoms with van der Waals surface area (Å²) in [6.07, 6.45) is 3.34. The molecule has 2 aromatic carbocycles. The molecule has 3 aromatic rings. The number of hydrogen-bond acceptors (Lipinski definition) is 5. The number of fused-ring (bicyclic) bond motifs is 1. The number of rotatable bonds is 3. The van der Waals surface area contributed by atoms with Crippen molar-refractivity contribution in [1.29, 1.82) is 0 Å². The maximum absolute atomic E-state index is 9.41. The van der Waals surface area contributed by atoms with E-state index in [-0.39, 0.29) is 11.9 Å². The molecule has 2 heterocycles. The number of anilines is 1. The van der Waals surface area contributed by atoms with Crippen LogP contribution in [0.2, 0.25) is 0 Å². The maximum atomic E-state index is 9.41. The lowest BCUT2D eigenvalue weighted by Crippen LogP contribution is -2.15. The van der Waals surface area contributed by atoms with Gasteiger partial charge in [0.2, 0.25) is 5.88 Å². The average molecular weight is 334 g/mol. The van der Waals surface area contributed by atoms with Crippen LogP contribution in [0.25, 0.3) is 0 Å². The van der Waals surface area contributed by atoms with Gasteiger partial charge in [0, 0.05) is 6.07 Å². The lowest BCUT2D eigenvalue weighted by molar-refractivity contribution is 0.176. The predicted octanol–water partition coefficient (Wildman–Crippen LogP) is 4.23. The van der Waals surface area contributed by atoms with Crippen molar-refractivity contribution in [2.45, 2.75) is 18.9 Å². The number of aromatic nitrogens is 1. The molecule has 0 saturated heterocycles. The maximum Gasteiger partial charge on any atom is 0.219 e. The van der Waals surface area contributed by atoms with Crippen LogP contribution in [0, 0.1) is 0 Å². The summed E-state index contributed by atoms with van der Waals surface area (Å²) >= 11 is 0. The molecule has 0 aliphatic carbocycles. The third kappa shape index (κ3) is 3.35. The number of phenolic OH excluding ortho intramolecular Hbond substituents is 1. The minimum absolute atomic E-state index is 0.00127. The Morgan fingerprint density at radius 2 is 1.92 bits per heavy atom. The molecule has 0 saturated carbocycles. The van der Waals surface area contributed by atoms with Crippen molar-refractivity contribution < 1.29 is 14.6 Å². The predicted molar refractivity (Wildman–Crippen MR) is 95.0 cm³/mol. The number of nitrogen functional groups attached to an aromatic ring is 1. The van der Waals surface area contributed by atoms with E-state index < -0.39 is 0 Å². The Hall–Kier alpha value is -3.21. The summed E-state index contributed by atoms with van der Waals surface area (Å²) in [4.78, 5) is 4.15. The summed E-state index contributed by atoms with van der Waals surface area (Å²) in [6, 6.07) is 16.4. The van der Waals surface area contributed by atoms with Crippen LogP contribution >= 0.6 is 0 Å². The lowest BCUT2D eigenvalue weighted by Gasteiger charge is -2.26. The van der Waals surface area contributed by atoms with Gasteiger partial charge in [-0.15, -0.1) is 0 Å². The van der Waals surface area contributed by atoms with Crippen LogP contribution in [0.4, 0.5) is 5.69 Å². The zero-order valence-corrected chi connectivity index (χ0v) is 13.6. The molecule has 0 spiro atoms. The van der Waals surface area contributed by atoms with Gasteiger partial charge in [-0.3, -0.25) is 0 Å². The van der Waals surface area contributed by atoms with Gasteiger partial charge in [-0.1, -0.05) is 12.1 Å². The molecule has 0 bridgehead atoms. The molecular formula is C20H18N2O3. The largest absolute Gasteiger partial charge is 0.508 e. The summed E-state index contributed by atoms with van der Waals surface area (Å²) in [6.45, 7) is 0. The van der Waals surface area contributed by atoms with Gasteiger partial charge in [0.25, 0.3) is 0 Å². The molecule has 0 amide bonds. The van der Waals surface area contributed by atoms with Crippen LogP contribution in [0.1, 0.15) is 23.7 Å². The highest BCUT2D eigenvalue weighted by Gasteiger charge is 2.21. The van der Waals surface area contributed by atoms with E-state index in [9.17, 15) is 5.11 Å². The Morgan fingerprint density at radius 1 is 1.08 bits per heavy atom. The van der Waals surface area contributed by atoms with Gasteiger partial charge in [-0.2, -0.15) is 0 Å². The molecule has 126 valence electrons. The summed E-state index contributed by atoms with van der Waals surface area (Å²) < 4.78 is 11.9. The van der Waals surface area contributed by atoms with E-state index in [1.165, 1.54) is 0 Å².